The largest absolute Gasteiger partial charge is 0.497 e. The van der Waals surface area contributed by atoms with Gasteiger partial charge in [0.05, 0.1) is 26.3 Å². The molecule has 0 radical (unpaired) electrons. The first kappa shape index (κ1) is 28.4. The Balaban J connectivity index is 1.59. The van der Waals surface area contributed by atoms with Crippen molar-refractivity contribution < 1.29 is 24.2 Å². The Hall–Kier alpha value is -4.62. The number of ether oxygens (including phenoxy) is 2. The Morgan fingerprint density at radius 1 is 1.25 bits per heavy atom. The molecule has 0 bridgehead atoms. The predicted octanol–water partition coefficient (Wildman–Crippen LogP) is 3.27. The maximum Gasteiger partial charge on any atom is 0.321 e. The molecular formula is C30H33N5O5. The van der Waals surface area contributed by atoms with Crippen molar-refractivity contribution in [3.05, 3.63) is 77.7 Å². The monoisotopic (exact) mass is 543 g/mol. The average molecular weight is 544 g/mol. The molecule has 10 nitrogen and oxygen atoms in total. The number of likely N-dealkylation sites (N-methyl/N-ethyl adjacent to an activating group) is 1. The van der Waals surface area contributed by atoms with E-state index in [1.165, 1.54) is 4.90 Å². The molecule has 0 aliphatic carbocycles. The van der Waals surface area contributed by atoms with Gasteiger partial charge in [0.15, 0.2) is 0 Å². The van der Waals surface area contributed by atoms with Gasteiger partial charge < -0.3 is 29.7 Å². The summed E-state index contributed by atoms with van der Waals surface area (Å²) in [6.07, 6.45) is 4.39. The first-order valence-corrected chi connectivity index (χ1v) is 13.0. The number of hydrogen-bond donors (Lipinski definition) is 2. The second-order valence-corrected chi connectivity index (χ2v) is 9.73. The topological polar surface area (TPSA) is 117 Å². The van der Waals surface area contributed by atoms with Crippen molar-refractivity contribution in [3.63, 3.8) is 0 Å². The molecule has 0 unspecified atom stereocenters. The van der Waals surface area contributed by atoms with E-state index in [2.05, 4.69) is 27.1 Å². The van der Waals surface area contributed by atoms with E-state index in [0.717, 1.165) is 5.56 Å². The number of amides is 3. The number of nitrogens with zero attached hydrogens (tertiary/aromatic N) is 4. The number of carbonyl (C=O) groups is 2. The summed E-state index contributed by atoms with van der Waals surface area (Å²) in [5, 5.41) is 12.8. The van der Waals surface area contributed by atoms with Crippen molar-refractivity contribution in [3.8, 4) is 23.5 Å². The summed E-state index contributed by atoms with van der Waals surface area (Å²) in [6, 6.07) is 11.6. The number of anilines is 1. The zero-order valence-corrected chi connectivity index (χ0v) is 23.0. The summed E-state index contributed by atoms with van der Waals surface area (Å²) >= 11 is 0. The third-order valence-corrected chi connectivity index (χ3v) is 6.66. The van der Waals surface area contributed by atoms with Crippen LogP contribution in [0.5, 0.6) is 11.6 Å². The average Bonchev–Trinajstić information content (AvgIpc) is 2.98. The van der Waals surface area contributed by atoms with Gasteiger partial charge in [0.1, 0.15) is 17.4 Å². The maximum absolute atomic E-state index is 13.6. The third-order valence-electron chi connectivity index (χ3n) is 6.66. The number of aromatic nitrogens is 2. The molecule has 1 aromatic carbocycles. The van der Waals surface area contributed by atoms with Crippen LogP contribution in [0, 0.1) is 17.8 Å². The molecular weight excluding hydrogens is 510 g/mol. The fourth-order valence-corrected chi connectivity index (χ4v) is 4.24. The van der Waals surface area contributed by atoms with Crippen LogP contribution in [0.4, 0.5) is 10.5 Å². The van der Waals surface area contributed by atoms with Crippen LogP contribution in [0.3, 0.4) is 0 Å². The summed E-state index contributed by atoms with van der Waals surface area (Å²) in [5.41, 5.74) is 2.12. The molecule has 0 saturated carbocycles. The lowest BCUT2D eigenvalue weighted by atomic mass is 10.00. The highest BCUT2D eigenvalue weighted by atomic mass is 16.5. The van der Waals surface area contributed by atoms with Crippen molar-refractivity contribution in [2.24, 2.45) is 5.92 Å². The van der Waals surface area contributed by atoms with E-state index in [1.807, 2.05) is 13.0 Å². The fraction of sp³-hybridized carbons (Fsp3) is 0.333. The minimum Gasteiger partial charge on any atom is -0.497 e. The molecule has 3 atom stereocenters. The highest BCUT2D eigenvalue weighted by molar-refractivity contribution is 5.97. The van der Waals surface area contributed by atoms with Gasteiger partial charge in [-0.15, -0.1) is 0 Å². The molecule has 40 heavy (non-hydrogen) atoms. The number of fused-ring (bicyclic) bond motifs is 1. The summed E-state index contributed by atoms with van der Waals surface area (Å²) in [6.45, 7) is 4.09. The molecule has 2 aromatic heterocycles. The lowest BCUT2D eigenvalue weighted by Crippen LogP contribution is -2.50. The number of nitrogens with one attached hydrogen (secondary N) is 1. The molecule has 3 amide bonds. The second-order valence-electron chi connectivity index (χ2n) is 9.73. The molecule has 0 fully saturated rings. The molecule has 0 saturated heterocycles. The van der Waals surface area contributed by atoms with Crippen LogP contribution < -0.4 is 14.8 Å². The first-order valence-electron chi connectivity index (χ1n) is 13.0. The van der Waals surface area contributed by atoms with E-state index in [0.29, 0.717) is 23.5 Å². The Bertz CT molecular complexity index is 1400. The lowest BCUT2D eigenvalue weighted by molar-refractivity contribution is 0.0356. The van der Waals surface area contributed by atoms with E-state index in [-0.39, 0.29) is 42.5 Å². The Morgan fingerprint density at radius 3 is 2.77 bits per heavy atom. The number of carbonyl (C=O) groups excluding carboxylic acids is 2. The maximum atomic E-state index is 13.6. The van der Waals surface area contributed by atoms with Gasteiger partial charge in [0.2, 0.25) is 5.88 Å². The molecule has 3 heterocycles. The van der Waals surface area contributed by atoms with Crippen LogP contribution in [0.15, 0.2) is 61.1 Å². The zero-order chi connectivity index (χ0) is 28.6. The molecule has 10 heteroatoms. The number of aliphatic hydroxyl groups excluding tert-OH is 1. The number of hydrogen-bond acceptors (Lipinski definition) is 7. The number of benzene rings is 1. The van der Waals surface area contributed by atoms with Gasteiger partial charge in [-0.05, 0) is 37.3 Å². The second kappa shape index (κ2) is 13.0. The number of methoxy groups -OCH3 is 1. The molecule has 1 aliphatic heterocycles. The first-order chi connectivity index (χ1) is 19.3. The normalized spacial score (nSPS) is 17.2. The van der Waals surface area contributed by atoms with Gasteiger partial charge in [-0.2, -0.15) is 0 Å². The Morgan fingerprint density at radius 2 is 2.05 bits per heavy atom. The predicted molar refractivity (Wildman–Crippen MR) is 150 cm³/mol. The summed E-state index contributed by atoms with van der Waals surface area (Å²) in [5.74, 6) is 6.36. The summed E-state index contributed by atoms with van der Waals surface area (Å²) in [7, 11) is 3.24. The van der Waals surface area contributed by atoms with Crippen LogP contribution in [0.25, 0.3) is 0 Å². The van der Waals surface area contributed by atoms with Gasteiger partial charge in [-0.3, -0.25) is 9.78 Å². The third kappa shape index (κ3) is 6.87. The van der Waals surface area contributed by atoms with Crippen molar-refractivity contribution in [1.82, 2.24) is 19.8 Å². The van der Waals surface area contributed by atoms with Gasteiger partial charge >= 0.3 is 6.03 Å². The van der Waals surface area contributed by atoms with Crippen LogP contribution >= 0.6 is 0 Å². The van der Waals surface area contributed by atoms with Gasteiger partial charge in [0, 0.05) is 61.0 Å². The van der Waals surface area contributed by atoms with Crippen molar-refractivity contribution in [1.29, 1.82) is 0 Å². The van der Waals surface area contributed by atoms with Gasteiger partial charge in [-0.1, -0.05) is 24.8 Å². The van der Waals surface area contributed by atoms with Crippen LogP contribution in [0.2, 0.25) is 0 Å². The molecule has 0 spiro atoms. The number of aliphatic hydroxyl groups is 1. The lowest BCUT2D eigenvalue weighted by Gasteiger charge is -2.37. The quantitative estimate of drug-likeness (QED) is 0.459. The SMILES string of the molecule is COc1cccc(NC(=O)N(C)C[C@H]2Oc3ncc(C#Cc4cccnc4)cc3C(=O)N([C@H](C)CO)C[C@H]2C)c1. The molecule has 2 N–H and O–H groups in total. The van der Waals surface area contributed by atoms with E-state index >= 15 is 0 Å². The van der Waals surface area contributed by atoms with Crippen molar-refractivity contribution >= 4 is 17.6 Å². The number of urea groups is 1. The van der Waals surface area contributed by atoms with Gasteiger partial charge in [0.25, 0.3) is 5.91 Å². The van der Waals surface area contributed by atoms with E-state index < -0.39 is 12.1 Å². The van der Waals surface area contributed by atoms with Gasteiger partial charge in [-0.25, -0.2) is 9.78 Å². The van der Waals surface area contributed by atoms with E-state index in [9.17, 15) is 14.7 Å². The number of rotatable bonds is 6. The molecule has 4 rings (SSSR count). The summed E-state index contributed by atoms with van der Waals surface area (Å²) < 4.78 is 11.5. The van der Waals surface area contributed by atoms with E-state index in [1.54, 1.807) is 81.0 Å². The van der Waals surface area contributed by atoms with Crippen LogP contribution in [0.1, 0.15) is 35.3 Å². The summed E-state index contributed by atoms with van der Waals surface area (Å²) in [4.78, 5) is 38.2. The Labute approximate surface area is 234 Å². The van der Waals surface area contributed by atoms with E-state index in [4.69, 9.17) is 9.47 Å². The highest BCUT2D eigenvalue weighted by Gasteiger charge is 2.34. The molecule has 3 aromatic rings. The highest BCUT2D eigenvalue weighted by Crippen LogP contribution is 2.27. The number of pyridine rings is 2. The van der Waals surface area contributed by atoms with Crippen LogP contribution in [-0.2, 0) is 0 Å². The van der Waals surface area contributed by atoms with Crippen molar-refractivity contribution in [2.75, 3.05) is 39.2 Å². The van der Waals surface area contributed by atoms with Crippen LogP contribution in [-0.4, -0.2) is 82.8 Å². The standard InChI is InChI=1S/C30H33N5O5/c1-20-17-35(21(2)19-36)29(37)26-13-23(11-10-22-7-6-12-31-15-22)16-32-28(26)40-27(20)18-34(3)30(38)33-24-8-5-9-25(14-24)39-4/h5-9,12-16,20-21,27,36H,17-19H2,1-4H3,(H,33,38)/t20-,21-,27-/m1/s1. The fourth-order valence-electron chi connectivity index (χ4n) is 4.24. The zero-order valence-electron chi connectivity index (χ0n) is 23.0. The smallest absolute Gasteiger partial charge is 0.321 e. The minimum absolute atomic E-state index is 0.158. The minimum atomic E-state index is -0.485. The Kier molecular flexibility index (Phi) is 9.19. The molecule has 208 valence electrons. The van der Waals surface area contributed by atoms with Crippen molar-refractivity contribution in [2.45, 2.75) is 26.0 Å². The molecule has 1 aliphatic rings.